The molecule has 0 aliphatic heterocycles. The number of nitrogens with zero attached hydrogens (tertiary/aromatic N) is 1. The van der Waals surface area contributed by atoms with Gasteiger partial charge in [0.1, 0.15) is 23.9 Å². The Morgan fingerprint density at radius 2 is 1.68 bits per heavy atom. The zero-order chi connectivity index (χ0) is 27.1. The van der Waals surface area contributed by atoms with Crippen molar-refractivity contribution in [3.63, 3.8) is 0 Å². The van der Waals surface area contributed by atoms with Crippen molar-refractivity contribution < 1.29 is 23.8 Å². The maximum absolute atomic E-state index is 13.7. The van der Waals surface area contributed by atoms with Gasteiger partial charge in [-0.3, -0.25) is 9.59 Å². The number of amides is 1. The summed E-state index contributed by atoms with van der Waals surface area (Å²) in [7, 11) is 3.16. The van der Waals surface area contributed by atoms with E-state index >= 15 is 0 Å². The minimum Gasteiger partial charge on any atom is -0.497 e. The molecule has 3 aromatic carbocycles. The van der Waals surface area contributed by atoms with E-state index in [-0.39, 0.29) is 31.4 Å². The number of nitrogens with one attached hydrogen (secondary N) is 1. The number of nitrogens with two attached hydrogens (primary N) is 1. The summed E-state index contributed by atoms with van der Waals surface area (Å²) in [5.74, 6) is 0.698. The van der Waals surface area contributed by atoms with E-state index in [1.807, 2.05) is 54.7 Å². The van der Waals surface area contributed by atoms with Gasteiger partial charge < -0.3 is 29.8 Å². The van der Waals surface area contributed by atoms with E-state index in [9.17, 15) is 9.59 Å². The van der Waals surface area contributed by atoms with Crippen molar-refractivity contribution in [2.75, 3.05) is 27.4 Å². The number of ketones is 1. The third-order valence-electron chi connectivity index (χ3n) is 6.67. The smallest absolute Gasteiger partial charge is 0.219 e. The van der Waals surface area contributed by atoms with Crippen molar-refractivity contribution in [3.05, 3.63) is 90.1 Å². The van der Waals surface area contributed by atoms with Gasteiger partial charge in [0, 0.05) is 54.8 Å². The van der Waals surface area contributed by atoms with Gasteiger partial charge in [-0.2, -0.15) is 0 Å². The summed E-state index contributed by atoms with van der Waals surface area (Å²) < 4.78 is 16.6. The second-order valence-corrected chi connectivity index (χ2v) is 9.07. The summed E-state index contributed by atoms with van der Waals surface area (Å²) in [5.41, 5.74) is 9.35. The number of aromatic nitrogens is 1. The first-order valence-corrected chi connectivity index (χ1v) is 12.4. The Morgan fingerprint density at radius 3 is 2.45 bits per heavy atom. The number of carbonyl (C=O) groups is 2. The third kappa shape index (κ3) is 6.15. The van der Waals surface area contributed by atoms with Crippen LogP contribution < -0.4 is 19.9 Å². The highest BCUT2D eigenvalue weighted by molar-refractivity contribution is 5.87. The molecule has 2 atom stereocenters. The van der Waals surface area contributed by atoms with E-state index in [2.05, 4.69) is 4.98 Å². The molecule has 0 saturated carbocycles. The number of benzene rings is 3. The lowest BCUT2D eigenvalue weighted by Gasteiger charge is -2.30. The lowest BCUT2D eigenvalue weighted by Crippen LogP contribution is -2.42. The third-order valence-corrected chi connectivity index (χ3v) is 6.67. The van der Waals surface area contributed by atoms with E-state index in [4.69, 9.17) is 19.9 Å². The highest BCUT2D eigenvalue weighted by Crippen LogP contribution is 2.30. The van der Waals surface area contributed by atoms with Crippen LogP contribution in [0.15, 0.2) is 79.0 Å². The van der Waals surface area contributed by atoms with Crippen molar-refractivity contribution in [2.45, 2.75) is 19.5 Å². The van der Waals surface area contributed by atoms with Gasteiger partial charge in [-0.15, -0.1) is 0 Å². The quantitative estimate of drug-likeness (QED) is 0.288. The molecule has 8 heteroatoms. The van der Waals surface area contributed by atoms with Crippen LogP contribution in [0.5, 0.6) is 17.2 Å². The Labute approximate surface area is 222 Å². The van der Waals surface area contributed by atoms with Gasteiger partial charge in [0.25, 0.3) is 0 Å². The maximum Gasteiger partial charge on any atom is 0.219 e. The molecule has 0 saturated heterocycles. The number of rotatable bonds is 12. The van der Waals surface area contributed by atoms with Crippen LogP contribution in [0.2, 0.25) is 0 Å². The second kappa shape index (κ2) is 12.3. The summed E-state index contributed by atoms with van der Waals surface area (Å²) in [6.07, 6.45) is 1.83. The molecule has 4 rings (SSSR count). The van der Waals surface area contributed by atoms with Crippen LogP contribution in [-0.2, 0) is 16.1 Å². The fraction of sp³-hybridized carbons (Fsp3) is 0.267. The highest BCUT2D eigenvalue weighted by atomic mass is 16.5. The lowest BCUT2D eigenvalue weighted by atomic mass is 9.89. The zero-order valence-corrected chi connectivity index (χ0v) is 21.8. The minimum atomic E-state index is -0.724. The van der Waals surface area contributed by atoms with E-state index in [1.54, 1.807) is 43.4 Å². The van der Waals surface area contributed by atoms with Crippen molar-refractivity contribution in [1.29, 1.82) is 0 Å². The van der Waals surface area contributed by atoms with Gasteiger partial charge in [0.15, 0.2) is 5.78 Å². The number of hydrogen-bond donors (Lipinski definition) is 2. The highest BCUT2D eigenvalue weighted by Gasteiger charge is 2.32. The Morgan fingerprint density at radius 1 is 0.947 bits per heavy atom. The van der Waals surface area contributed by atoms with Crippen LogP contribution in [0, 0.1) is 5.92 Å². The van der Waals surface area contributed by atoms with Gasteiger partial charge in [0.05, 0.1) is 20.1 Å². The average molecular weight is 516 g/mol. The van der Waals surface area contributed by atoms with Gasteiger partial charge in [0.2, 0.25) is 5.91 Å². The van der Waals surface area contributed by atoms with Gasteiger partial charge in [-0.05, 0) is 29.8 Å². The number of fused-ring (bicyclic) bond motifs is 1. The van der Waals surface area contributed by atoms with E-state index in [0.29, 0.717) is 17.2 Å². The number of carbonyl (C=O) groups excluding carboxylic acids is 2. The van der Waals surface area contributed by atoms with Crippen LogP contribution in [-0.4, -0.2) is 48.9 Å². The number of hydrogen-bond acceptors (Lipinski definition) is 6. The van der Waals surface area contributed by atoms with Crippen molar-refractivity contribution in [2.24, 2.45) is 11.7 Å². The molecule has 0 fully saturated rings. The summed E-state index contributed by atoms with van der Waals surface area (Å²) in [6, 6.07) is 21.7. The molecule has 3 N–H and O–H groups in total. The molecule has 0 spiro atoms. The molecule has 0 aliphatic rings. The Kier molecular flexibility index (Phi) is 8.66. The molecule has 8 nitrogen and oxygen atoms in total. The number of ether oxygens (including phenoxy) is 3. The fourth-order valence-electron chi connectivity index (χ4n) is 4.54. The Hall–Kier alpha value is -4.30. The molecule has 4 aromatic rings. The van der Waals surface area contributed by atoms with E-state index < -0.39 is 12.0 Å². The number of methoxy groups -OCH3 is 2. The van der Waals surface area contributed by atoms with Gasteiger partial charge in [-0.1, -0.05) is 42.5 Å². The van der Waals surface area contributed by atoms with Crippen molar-refractivity contribution in [3.8, 4) is 17.2 Å². The molecule has 1 aromatic heterocycles. The molecule has 0 aliphatic carbocycles. The zero-order valence-electron chi connectivity index (χ0n) is 21.8. The van der Waals surface area contributed by atoms with Crippen molar-refractivity contribution in [1.82, 2.24) is 9.88 Å². The fourth-order valence-corrected chi connectivity index (χ4v) is 4.54. The molecule has 198 valence electrons. The van der Waals surface area contributed by atoms with Crippen LogP contribution in [0.4, 0.5) is 0 Å². The topological polar surface area (TPSA) is 107 Å². The summed E-state index contributed by atoms with van der Waals surface area (Å²) >= 11 is 0. The predicted molar refractivity (Wildman–Crippen MR) is 146 cm³/mol. The van der Waals surface area contributed by atoms with E-state index in [0.717, 1.165) is 22.0 Å². The molecular weight excluding hydrogens is 482 g/mol. The summed E-state index contributed by atoms with van der Waals surface area (Å²) in [4.78, 5) is 31.3. The first-order chi connectivity index (χ1) is 18.4. The van der Waals surface area contributed by atoms with Gasteiger partial charge >= 0.3 is 0 Å². The first-order valence-electron chi connectivity index (χ1n) is 12.4. The standard InChI is InChI=1S/C30H33N3O5/c1-20(34)33(17-21-9-4-7-14-29(21)37-3)18-26(28(35)19-38-23-11-8-10-22(15-23)36-2)30(31)25-16-32-27-13-6-5-12-24(25)27/h4-16,26,30,32H,17-19,31H2,1-3H3. The summed E-state index contributed by atoms with van der Waals surface area (Å²) in [5, 5.41) is 0.936. The van der Waals surface area contributed by atoms with Crippen LogP contribution in [0.25, 0.3) is 10.9 Å². The number of Topliss-reactive ketones (excluding diaryl/α,β-unsaturated/α-hetero) is 1. The number of H-pyrrole nitrogens is 1. The Bertz CT molecular complexity index is 1400. The summed E-state index contributed by atoms with van der Waals surface area (Å²) in [6.45, 7) is 1.68. The molecule has 1 heterocycles. The van der Waals surface area contributed by atoms with Crippen LogP contribution in [0.3, 0.4) is 0 Å². The van der Waals surface area contributed by atoms with E-state index in [1.165, 1.54) is 6.92 Å². The Balaban J connectivity index is 1.62. The molecule has 1 amide bonds. The monoisotopic (exact) mass is 515 g/mol. The molecule has 2 unspecified atom stereocenters. The number of para-hydroxylation sites is 2. The average Bonchev–Trinajstić information content (AvgIpc) is 3.38. The number of aromatic amines is 1. The van der Waals surface area contributed by atoms with Crippen LogP contribution >= 0.6 is 0 Å². The predicted octanol–water partition coefficient (Wildman–Crippen LogP) is 4.50. The van der Waals surface area contributed by atoms with Gasteiger partial charge in [-0.25, -0.2) is 0 Å². The molecule has 0 radical (unpaired) electrons. The first kappa shape index (κ1) is 26.8. The normalized spacial score (nSPS) is 12.5. The molecule has 0 bridgehead atoms. The molecule has 38 heavy (non-hydrogen) atoms. The van der Waals surface area contributed by atoms with Crippen molar-refractivity contribution >= 4 is 22.6 Å². The molecular formula is C30H33N3O5. The minimum absolute atomic E-state index is 0.119. The van der Waals surface area contributed by atoms with Crippen LogP contribution in [0.1, 0.15) is 24.1 Å². The lowest BCUT2D eigenvalue weighted by molar-refractivity contribution is -0.132. The second-order valence-electron chi connectivity index (χ2n) is 9.07. The largest absolute Gasteiger partial charge is 0.497 e. The maximum atomic E-state index is 13.7. The SMILES string of the molecule is COc1cccc(OCC(=O)C(CN(Cc2ccccc2OC)C(C)=O)C(N)c2c[nH]c3ccccc23)c1.